The summed E-state index contributed by atoms with van der Waals surface area (Å²) in [4.78, 5) is 0. The smallest absolute Gasteiger partial charge is 0.226 e. The minimum absolute atomic E-state index is 5.48. The summed E-state index contributed by atoms with van der Waals surface area (Å²) < 4.78 is 181. The maximum Gasteiger partial charge on any atom is 0.457 e. The summed E-state index contributed by atoms with van der Waals surface area (Å²) >= 11 is 0. The van der Waals surface area contributed by atoms with E-state index < -0.39 is 42.2 Å². The van der Waals surface area contributed by atoms with Crippen molar-refractivity contribution < 1.29 is 65.9 Å². The maximum atomic E-state index is 12.8. The molecule has 0 fully saturated rings. The van der Waals surface area contributed by atoms with Crippen LogP contribution in [0.15, 0.2) is 0 Å². The first-order valence-electron chi connectivity index (χ1n) is 4.33. The highest BCUT2D eigenvalue weighted by Gasteiger charge is 2.90. The van der Waals surface area contributed by atoms with Crippen LogP contribution in [-0.4, -0.2) is 36.0 Å². The van der Waals surface area contributed by atoms with Crippen LogP contribution in [0.2, 0.25) is 0 Å². The Balaban J connectivity index is 6.30. The Hall–Kier alpha value is -1.05. The lowest BCUT2D eigenvalue weighted by molar-refractivity contribution is -0.407. The van der Waals surface area contributed by atoms with E-state index in [0.717, 1.165) is 0 Å². The zero-order valence-corrected chi connectivity index (χ0v) is 9.17. The van der Waals surface area contributed by atoms with Gasteiger partial charge in [0.1, 0.15) is 0 Å². The van der Waals surface area contributed by atoms with Gasteiger partial charge in [0.15, 0.2) is 0 Å². The molecule has 0 bridgehead atoms. The molecule has 0 aliphatic heterocycles. The number of hydrogen-bond acceptors (Lipinski definition) is 0. The quantitative estimate of drug-likeness (QED) is 0.604. The van der Waals surface area contributed by atoms with Crippen LogP contribution < -0.4 is 0 Å². The van der Waals surface area contributed by atoms with Crippen molar-refractivity contribution in [1.29, 1.82) is 0 Å². The molecule has 0 heterocycles. The van der Waals surface area contributed by atoms with Gasteiger partial charge in [-0.1, -0.05) is 0 Å². The minimum atomic E-state index is -8.01. The summed E-state index contributed by atoms with van der Waals surface area (Å²) in [7, 11) is 0. The van der Waals surface area contributed by atoms with Crippen LogP contribution in [0.1, 0.15) is 0 Å². The molecule has 22 heavy (non-hydrogen) atoms. The second kappa shape index (κ2) is 4.97. The Kier molecular flexibility index (Phi) is 4.74. The van der Waals surface area contributed by atoms with Crippen LogP contribution in [0.3, 0.4) is 0 Å². The van der Waals surface area contributed by atoms with Crippen LogP contribution >= 0.6 is 0 Å². The average molecular weight is 369 g/mol. The van der Waals surface area contributed by atoms with Gasteiger partial charge < -0.3 is 0 Å². The van der Waals surface area contributed by atoms with E-state index in [0.29, 0.717) is 0 Å². The van der Waals surface area contributed by atoms with Gasteiger partial charge in [0.25, 0.3) is 6.17 Å². The number of halogens is 15. The van der Waals surface area contributed by atoms with Crippen LogP contribution in [0.4, 0.5) is 65.9 Å². The molecule has 0 saturated heterocycles. The van der Waals surface area contributed by atoms with Gasteiger partial charge in [-0.3, -0.25) is 0 Å². The Labute approximate surface area is 109 Å². The van der Waals surface area contributed by atoms with Crippen molar-refractivity contribution in [3.05, 3.63) is 6.17 Å². The standard InChI is InChI=1S/C7F15/c8-1(3(11,12)5(14,15)16)2(9,10)4(13,6(17,18)19)7(20,21)22. The molecule has 0 aliphatic carbocycles. The van der Waals surface area contributed by atoms with Crippen molar-refractivity contribution in [2.75, 3.05) is 0 Å². The zero-order chi connectivity index (χ0) is 18.6. The van der Waals surface area contributed by atoms with Crippen molar-refractivity contribution in [2.45, 2.75) is 36.0 Å². The van der Waals surface area contributed by atoms with Crippen molar-refractivity contribution in [1.82, 2.24) is 0 Å². The molecular weight excluding hydrogens is 369 g/mol. The van der Waals surface area contributed by atoms with Crippen LogP contribution in [0.25, 0.3) is 0 Å². The molecule has 0 saturated carbocycles. The fraction of sp³-hybridized carbons (Fsp3) is 0.857. The normalized spacial score (nSPS) is 16.4. The maximum absolute atomic E-state index is 12.8. The predicted molar refractivity (Wildman–Crippen MR) is 36.2 cm³/mol. The van der Waals surface area contributed by atoms with E-state index in [4.69, 9.17) is 0 Å². The first-order chi connectivity index (χ1) is 9.15. The Bertz CT molecular complexity index is 380. The van der Waals surface area contributed by atoms with Gasteiger partial charge >= 0.3 is 36.0 Å². The van der Waals surface area contributed by atoms with E-state index in [2.05, 4.69) is 0 Å². The third-order valence-corrected chi connectivity index (χ3v) is 2.12. The fourth-order valence-corrected chi connectivity index (χ4v) is 0.990. The molecule has 0 aliphatic rings. The molecule has 0 aromatic heterocycles. The Morgan fingerprint density at radius 1 is 0.409 bits per heavy atom. The number of rotatable bonds is 3. The van der Waals surface area contributed by atoms with Crippen molar-refractivity contribution in [3.8, 4) is 0 Å². The molecule has 0 unspecified atom stereocenters. The Morgan fingerprint density at radius 3 is 0.864 bits per heavy atom. The molecule has 0 aromatic carbocycles. The first-order valence-corrected chi connectivity index (χ1v) is 4.33. The fourth-order valence-electron chi connectivity index (χ4n) is 0.990. The largest absolute Gasteiger partial charge is 0.457 e. The molecular formula is C7F15. The van der Waals surface area contributed by atoms with Gasteiger partial charge in [-0.15, -0.1) is 0 Å². The highest BCUT2D eigenvalue weighted by molar-refractivity contribution is 5.20. The summed E-state index contributed by atoms with van der Waals surface area (Å²) in [6.45, 7) is 0. The van der Waals surface area contributed by atoms with E-state index in [9.17, 15) is 65.9 Å². The highest BCUT2D eigenvalue weighted by Crippen LogP contribution is 2.61. The summed E-state index contributed by atoms with van der Waals surface area (Å²) in [5.74, 6) is -15.4. The third-order valence-electron chi connectivity index (χ3n) is 2.12. The van der Waals surface area contributed by atoms with Crippen LogP contribution in [0.5, 0.6) is 0 Å². The van der Waals surface area contributed by atoms with E-state index in [-0.39, 0.29) is 0 Å². The van der Waals surface area contributed by atoms with Gasteiger partial charge in [0.05, 0.1) is 0 Å². The van der Waals surface area contributed by atoms with Gasteiger partial charge in [0, 0.05) is 0 Å². The molecule has 0 atom stereocenters. The summed E-state index contributed by atoms with van der Waals surface area (Å²) in [5.41, 5.74) is -8.01. The molecule has 0 spiro atoms. The molecule has 0 aromatic rings. The average Bonchev–Trinajstić information content (AvgIpc) is 2.21. The van der Waals surface area contributed by atoms with E-state index in [1.165, 1.54) is 0 Å². The number of hydrogen-bond donors (Lipinski definition) is 0. The highest BCUT2D eigenvalue weighted by atomic mass is 19.4. The molecule has 0 nitrogen and oxygen atoms in total. The van der Waals surface area contributed by atoms with Crippen molar-refractivity contribution in [3.63, 3.8) is 0 Å². The molecule has 0 N–H and O–H groups in total. The van der Waals surface area contributed by atoms with E-state index in [1.54, 1.807) is 0 Å². The summed E-state index contributed by atoms with van der Waals surface area (Å²) in [6.07, 6.45) is -28.3. The second-order valence-corrected chi connectivity index (χ2v) is 3.61. The van der Waals surface area contributed by atoms with Crippen LogP contribution in [-0.2, 0) is 0 Å². The monoisotopic (exact) mass is 369 g/mol. The molecule has 133 valence electrons. The van der Waals surface area contributed by atoms with Gasteiger partial charge in [-0.25, -0.2) is 8.78 Å². The Morgan fingerprint density at radius 2 is 0.682 bits per heavy atom. The lowest BCUT2D eigenvalue weighted by Gasteiger charge is -2.38. The zero-order valence-electron chi connectivity index (χ0n) is 9.17. The predicted octanol–water partition coefficient (Wildman–Crippen LogP) is 5.15. The number of alkyl halides is 14. The van der Waals surface area contributed by atoms with Gasteiger partial charge in [-0.05, 0) is 0 Å². The van der Waals surface area contributed by atoms with E-state index in [1.807, 2.05) is 0 Å². The van der Waals surface area contributed by atoms with Crippen molar-refractivity contribution >= 4 is 0 Å². The molecule has 0 amide bonds. The lowest BCUT2D eigenvalue weighted by atomic mass is 9.89. The van der Waals surface area contributed by atoms with Crippen LogP contribution in [0, 0.1) is 6.17 Å². The van der Waals surface area contributed by atoms with Crippen molar-refractivity contribution in [2.24, 2.45) is 0 Å². The summed E-state index contributed by atoms with van der Waals surface area (Å²) in [5, 5.41) is 0. The van der Waals surface area contributed by atoms with Gasteiger partial charge in [0.2, 0.25) is 0 Å². The minimum Gasteiger partial charge on any atom is -0.226 e. The molecule has 1 radical (unpaired) electrons. The topological polar surface area (TPSA) is 0 Å². The lowest BCUT2D eigenvalue weighted by Crippen LogP contribution is -2.68. The summed E-state index contributed by atoms with van der Waals surface area (Å²) in [6, 6.07) is 0. The molecule has 15 heteroatoms. The third kappa shape index (κ3) is 2.77. The SMILES string of the molecule is F[C](C(F)(F)C(F)(F)F)C(F)(F)C(F)(C(F)(F)F)C(F)(F)F. The van der Waals surface area contributed by atoms with E-state index >= 15 is 0 Å². The first kappa shape index (κ1) is 20.9. The van der Waals surface area contributed by atoms with Gasteiger partial charge in [-0.2, -0.15) is 57.1 Å². The molecule has 0 rings (SSSR count). The second-order valence-electron chi connectivity index (χ2n) is 3.61.